The second kappa shape index (κ2) is 6.18. The van der Waals surface area contributed by atoms with Gasteiger partial charge < -0.3 is 4.52 Å². The number of aromatic nitrogens is 5. The summed E-state index contributed by atoms with van der Waals surface area (Å²) in [7, 11) is 0. The van der Waals surface area contributed by atoms with Crippen LogP contribution in [0.1, 0.15) is 30.7 Å². The van der Waals surface area contributed by atoms with Crippen LogP contribution in [0.15, 0.2) is 33.3 Å². The molecule has 0 aromatic carbocycles. The molecule has 3 heterocycles. The summed E-state index contributed by atoms with van der Waals surface area (Å²) >= 11 is 1.59. The molecule has 3 rings (SSSR count). The Kier molecular flexibility index (Phi) is 4.10. The molecule has 0 amide bonds. The lowest BCUT2D eigenvalue weighted by Gasteiger charge is -2.00. The molecule has 0 aliphatic rings. The summed E-state index contributed by atoms with van der Waals surface area (Å²) in [5.74, 6) is 1.34. The number of rotatable bonds is 5. The predicted octanol–water partition coefficient (Wildman–Crippen LogP) is 2.12. The highest BCUT2D eigenvalue weighted by Gasteiger charge is 2.13. The Labute approximate surface area is 130 Å². The molecule has 0 unspecified atom stereocenters. The van der Waals surface area contributed by atoms with Crippen LogP contribution in [0.25, 0.3) is 11.5 Å². The van der Waals surface area contributed by atoms with Gasteiger partial charge in [0, 0.05) is 36.5 Å². The summed E-state index contributed by atoms with van der Waals surface area (Å²) in [5, 5.41) is 6.92. The van der Waals surface area contributed by atoms with E-state index in [1.165, 1.54) is 23.2 Å². The Bertz CT molecular complexity index is 820. The van der Waals surface area contributed by atoms with Crippen molar-refractivity contribution in [3.8, 4) is 11.5 Å². The Morgan fingerprint density at radius 3 is 2.95 bits per heavy atom. The van der Waals surface area contributed by atoms with Gasteiger partial charge in [-0.25, -0.2) is 9.97 Å². The quantitative estimate of drug-likeness (QED) is 0.716. The molecule has 0 aliphatic heterocycles. The van der Waals surface area contributed by atoms with Gasteiger partial charge >= 0.3 is 0 Å². The molecule has 3 aromatic heterocycles. The van der Waals surface area contributed by atoms with Crippen LogP contribution >= 0.6 is 11.3 Å². The first-order valence-corrected chi connectivity index (χ1v) is 7.80. The van der Waals surface area contributed by atoms with Gasteiger partial charge in [0.1, 0.15) is 5.69 Å². The second-order valence-corrected chi connectivity index (χ2v) is 5.99. The van der Waals surface area contributed by atoms with E-state index in [1.54, 1.807) is 11.3 Å². The summed E-state index contributed by atoms with van der Waals surface area (Å²) < 4.78 is 6.72. The van der Waals surface area contributed by atoms with Crippen molar-refractivity contribution in [2.24, 2.45) is 0 Å². The van der Waals surface area contributed by atoms with Crippen molar-refractivity contribution in [2.45, 2.75) is 32.7 Å². The van der Waals surface area contributed by atoms with Crippen LogP contribution in [0.5, 0.6) is 0 Å². The van der Waals surface area contributed by atoms with Gasteiger partial charge in [-0.15, -0.1) is 11.3 Å². The Morgan fingerprint density at radius 1 is 1.36 bits per heavy atom. The lowest BCUT2D eigenvalue weighted by Crippen LogP contribution is -2.19. The normalized spacial score (nSPS) is 11.2. The summed E-state index contributed by atoms with van der Waals surface area (Å²) in [5.41, 5.74) is 0.623. The molecule has 0 atom stereocenters. The van der Waals surface area contributed by atoms with Gasteiger partial charge in [-0.3, -0.25) is 9.36 Å². The Morgan fingerprint density at radius 2 is 2.23 bits per heavy atom. The van der Waals surface area contributed by atoms with Crippen molar-refractivity contribution >= 4 is 11.3 Å². The Hall–Kier alpha value is -2.35. The minimum atomic E-state index is -0.101. The fraction of sp³-hybridized carbons (Fsp3) is 0.357. The van der Waals surface area contributed by atoms with Gasteiger partial charge in [-0.2, -0.15) is 4.98 Å². The first kappa shape index (κ1) is 14.6. The number of hydrogen-bond donors (Lipinski definition) is 0. The summed E-state index contributed by atoms with van der Waals surface area (Å²) in [6, 6.07) is 1.42. The van der Waals surface area contributed by atoms with Crippen LogP contribution in [0, 0.1) is 0 Å². The van der Waals surface area contributed by atoms with Gasteiger partial charge in [0.2, 0.25) is 11.7 Å². The van der Waals surface area contributed by atoms with Gasteiger partial charge in [0.05, 0.1) is 11.3 Å². The van der Waals surface area contributed by atoms with Crippen molar-refractivity contribution in [3.63, 3.8) is 0 Å². The zero-order valence-corrected chi connectivity index (χ0v) is 13.1. The highest BCUT2D eigenvalue weighted by molar-refractivity contribution is 7.10. The van der Waals surface area contributed by atoms with E-state index in [4.69, 9.17) is 4.52 Å². The minimum absolute atomic E-state index is 0.101. The third kappa shape index (κ3) is 3.11. The molecule has 22 heavy (non-hydrogen) atoms. The van der Waals surface area contributed by atoms with Gasteiger partial charge in [0.15, 0.2) is 0 Å². The van der Waals surface area contributed by atoms with E-state index in [1.807, 2.05) is 5.38 Å². The highest BCUT2D eigenvalue weighted by Crippen LogP contribution is 2.24. The second-order valence-electron chi connectivity index (χ2n) is 5.10. The molecule has 8 heteroatoms. The average molecular weight is 317 g/mol. The third-order valence-electron chi connectivity index (χ3n) is 3.07. The molecule has 0 fully saturated rings. The number of hydrogen-bond acceptors (Lipinski definition) is 7. The third-order valence-corrected chi connectivity index (χ3v) is 4.22. The van der Waals surface area contributed by atoms with E-state index in [0.717, 1.165) is 10.7 Å². The van der Waals surface area contributed by atoms with Crippen molar-refractivity contribution < 1.29 is 4.52 Å². The first-order valence-electron chi connectivity index (χ1n) is 6.92. The molecule has 0 saturated carbocycles. The van der Waals surface area contributed by atoms with Crippen molar-refractivity contribution in [1.82, 2.24) is 24.7 Å². The molecule has 3 aromatic rings. The molecule has 0 bridgehead atoms. The van der Waals surface area contributed by atoms with Crippen LogP contribution < -0.4 is 5.56 Å². The van der Waals surface area contributed by atoms with Crippen molar-refractivity contribution in [1.29, 1.82) is 0 Å². The zero-order chi connectivity index (χ0) is 15.5. The molecule has 0 radical (unpaired) electrons. The monoisotopic (exact) mass is 317 g/mol. The molecule has 114 valence electrons. The minimum Gasteiger partial charge on any atom is -0.339 e. The molecule has 7 nitrogen and oxygen atoms in total. The lowest BCUT2D eigenvalue weighted by atomic mass is 10.2. The van der Waals surface area contributed by atoms with Gasteiger partial charge in [0.25, 0.3) is 5.56 Å². The fourth-order valence-corrected chi connectivity index (χ4v) is 2.69. The van der Waals surface area contributed by atoms with E-state index in [2.05, 4.69) is 34.0 Å². The smallest absolute Gasteiger partial charge is 0.253 e. The van der Waals surface area contributed by atoms with Crippen LogP contribution in [-0.4, -0.2) is 24.7 Å². The van der Waals surface area contributed by atoms with E-state index in [-0.39, 0.29) is 5.56 Å². The summed E-state index contributed by atoms with van der Waals surface area (Å²) in [4.78, 5) is 24.3. The highest BCUT2D eigenvalue weighted by atomic mass is 32.1. The number of aryl methyl sites for hydroxylation is 2. The first-order chi connectivity index (χ1) is 10.6. The standard InChI is InChI=1S/C14H15N5O2S/c1-9(2)14-16-10(7-22-14)13-17-11(21-18-13)4-6-19-8-15-5-3-12(19)20/h3,5,7-9H,4,6H2,1-2H3. The Balaban J connectivity index is 1.71. The van der Waals surface area contributed by atoms with E-state index >= 15 is 0 Å². The van der Waals surface area contributed by atoms with E-state index < -0.39 is 0 Å². The maximum atomic E-state index is 11.6. The SMILES string of the molecule is CC(C)c1nc(-c2noc(CCn3cnccc3=O)n2)cs1. The molecule has 0 saturated heterocycles. The van der Waals surface area contributed by atoms with Gasteiger partial charge in [-0.05, 0) is 0 Å². The largest absolute Gasteiger partial charge is 0.339 e. The lowest BCUT2D eigenvalue weighted by molar-refractivity contribution is 0.371. The van der Waals surface area contributed by atoms with E-state index in [0.29, 0.717) is 30.6 Å². The zero-order valence-electron chi connectivity index (χ0n) is 12.3. The number of nitrogens with zero attached hydrogens (tertiary/aromatic N) is 5. The molecule has 0 N–H and O–H groups in total. The molecular weight excluding hydrogens is 302 g/mol. The maximum Gasteiger partial charge on any atom is 0.253 e. The fourth-order valence-electron chi connectivity index (χ4n) is 1.88. The van der Waals surface area contributed by atoms with Crippen molar-refractivity contribution in [2.75, 3.05) is 0 Å². The number of thiazole rings is 1. The summed E-state index contributed by atoms with van der Waals surface area (Å²) in [6.45, 7) is 4.63. The maximum absolute atomic E-state index is 11.6. The van der Waals surface area contributed by atoms with Crippen molar-refractivity contribution in [3.05, 3.63) is 45.2 Å². The molecule has 0 spiro atoms. The summed E-state index contributed by atoms with van der Waals surface area (Å²) in [6.07, 6.45) is 3.44. The van der Waals surface area contributed by atoms with Gasteiger partial charge in [-0.1, -0.05) is 19.0 Å². The van der Waals surface area contributed by atoms with Crippen LogP contribution in [-0.2, 0) is 13.0 Å². The topological polar surface area (TPSA) is 86.7 Å². The molecular formula is C14H15N5O2S. The predicted molar refractivity (Wildman–Crippen MR) is 81.7 cm³/mol. The average Bonchev–Trinajstić information content (AvgIpc) is 3.15. The van der Waals surface area contributed by atoms with Crippen LogP contribution in [0.4, 0.5) is 0 Å². The molecule has 0 aliphatic carbocycles. The van der Waals surface area contributed by atoms with Crippen LogP contribution in [0.2, 0.25) is 0 Å². The van der Waals surface area contributed by atoms with Crippen LogP contribution in [0.3, 0.4) is 0 Å². The van der Waals surface area contributed by atoms with E-state index in [9.17, 15) is 4.79 Å².